The molecule has 3 aromatic rings. The average Bonchev–Trinajstić information content (AvgIpc) is 2.84. The van der Waals surface area contributed by atoms with E-state index in [0.29, 0.717) is 0 Å². The van der Waals surface area contributed by atoms with Crippen molar-refractivity contribution < 1.29 is 22.4 Å². The van der Waals surface area contributed by atoms with Crippen LogP contribution in [-0.4, -0.2) is 45.2 Å². The molecule has 3 rings (SSSR count). The van der Waals surface area contributed by atoms with Gasteiger partial charge in [0.1, 0.15) is 12.4 Å². The first kappa shape index (κ1) is 25.9. The number of anilines is 2. The van der Waals surface area contributed by atoms with E-state index in [1.54, 1.807) is 24.3 Å². The molecule has 0 aliphatic carbocycles. The van der Waals surface area contributed by atoms with Gasteiger partial charge in [-0.3, -0.25) is 9.59 Å². The van der Waals surface area contributed by atoms with Gasteiger partial charge in [-0.25, -0.2) is 8.70 Å². The largest absolute Gasteiger partial charge is 0.345 e. The first-order chi connectivity index (χ1) is 16.6. The monoisotopic (exact) mass is 498 g/mol. The first-order valence-electron chi connectivity index (χ1n) is 10.8. The van der Waals surface area contributed by atoms with Crippen LogP contribution in [0.4, 0.5) is 15.8 Å². The van der Waals surface area contributed by atoms with Gasteiger partial charge in [0.05, 0.1) is 23.0 Å². The van der Waals surface area contributed by atoms with Crippen molar-refractivity contribution in [3.8, 4) is 0 Å². The minimum absolute atomic E-state index is 0.123. The molecule has 0 bridgehead atoms. The molecule has 0 aromatic heterocycles. The van der Waals surface area contributed by atoms with Crippen LogP contribution < -0.4 is 14.9 Å². The van der Waals surface area contributed by atoms with Gasteiger partial charge < -0.3 is 10.6 Å². The third-order valence-electron chi connectivity index (χ3n) is 5.23. The minimum Gasteiger partial charge on any atom is -0.345 e. The smallest absolute Gasteiger partial charge is 0.304 e. The second-order valence-electron chi connectivity index (χ2n) is 7.97. The molecule has 0 spiro atoms. The van der Waals surface area contributed by atoms with E-state index in [4.69, 9.17) is 0 Å². The summed E-state index contributed by atoms with van der Waals surface area (Å²) in [5.41, 5.74) is 1.51. The normalized spacial score (nSPS) is 12.1. The molecule has 2 N–H and O–H groups in total. The van der Waals surface area contributed by atoms with E-state index in [1.807, 2.05) is 37.3 Å². The van der Waals surface area contributed by atoms with E-state index >= 15 is 0 Å². The lowest BCUT2D eigenvalue weighted by molar-refractivity contribution is -0.114. The van der Waals surface area contributed by atoms with Gasteiger partial charge >= 0.3 is 10.2 Å². The van der Waals surface area contributed by atoms with Gasteiger partial charge in [-0.1, -0.05) is 42.5 Å². The topological polar surface area (TPSA) is 98.8 Å². The van der Waals surface area contributed by atoms with Crippen molar-refractivity contribution in [1.82, 2.24) is 9.62 Å². The summed E-state index contributed by atoms with van der Waals surface area (Å²) in [4.78, 5) is 25.9. The third kappa shape index (κ3) is 6.43. The highest BCUT2D eigenvalue weighted by Gasteiger charge is 2.28. The van der Waals surface area contributed by atoms with Crippen molar-refractivity contribution in [3.63, 3.8) is 0 Å². The lowest BCUT2D eigenvalue weighted by Crippen LogP contribution is -2.44. The van der Waals surface area contributed by atoms with E-state index in [-0.39, 0.29) is 23.0 Å². The molecule has 0 aliphatic heterocycles. The van der Waals surface area contributed by atoms with E-state index in [0.717, 1.165) is 26.3 Å². The molecule has 8 nitrogen and oxygen atoms in total. The van der Waals surface area contributed by atoms with Gasteiger partial charge in [0, 0.05) is 14.1 Å². The SMILES string of the molecule is CC(NC(=O)c1ccccc1NC(=O)CN(c1ccc(F)cc1)S(=O)(=O)N(C)C)c1ccccc1. The number of halogens is 1. The fourth-order valence-corrected chi connectivity index (χ4v) is 4.38. The average molecular weight is 499 g/mol. The highest BCUT2D eigenvalue weighted by molar-refractivity contribution is 7.90. The molecule has 0 radical (unpaired) electrons. The number of amides is 2. The Labute approximate surface area is 204 Å². The Balaban J connectivity index is 1.80. The van der Waals surface area contributed by atoms with E-state index in [9.17, 15) is 22.4 Å². The Morgan fingerprint density at radius 3 is 2.14 bits per heavy atom. The Morgan fingerprint density at radius 1 is 0.914 bits per heavy atom. The van der Waals surface area contributed by atoms with Crippen LogP contribution in [0.3, 0.4) is 0 Å². The number of hydrogen-bond donors (Lipinski definition) is 2. The lowest BCUT2D eigenvalue weighted by atomic mass is 10.1. The molecule has 10 heteroatoms. The lowest BCUT2D eigenvalue weighted by Gasteiger charge is -2.27. The maximum atomic E-state index is 13.4. The zero-order valence-corrected chi connectivity index (χ0v) is 20.4. The van der Waals surface area contributed by atoms with Crippen molar-refractivity contribution in [1.29, 1.82) is 0 Å². The van der Waals surface area contributed by atoms with Gasteiger partial charge in [0.2, 0.25) is 5.91 Å². The molecule has 3 aromatic carbocycles. The predicted octanol–water partition coefficient (Wildman–Crippen LogP) is 3.57. The van der Waals surface area contributed by atoms with Gasteiger partial charge in [0.25, 0.3) is 5.91 Å². The van der Waals surface area contributed by atoms with E-state index in [1.165, 1.54) is 26.2 Å². The number of benzene rings is 3. The van der Waals surface area contributed by atoms with Crippen LogP contribution >= 0.6 is 0 Å². The fraction of sp³-hybridized carbons (Fsp3) is 0.200. The molecule has 184 valence electrons. The summed E-state index contributed by atoms with van der Waals surface area (Å²) in [6.07, 6.45) is 0. The van der Waals surface area contributed by atoms with Crippen LogP contribution in [0.15, 0.2) is 78.9 Å². The van der Waals surface area contributed by atoms with Crippen molar-refractivity contribution in [3.05, 3.63) is 95.8 Å². The summed E-state index contributed by atoms with van der Waals surface area (Å²) in [6.45, 7) is 1.27. The molecule has 0 heterocycles. The van der Waals surface area contributed by atoms with E-state index < -0.39 is 34.4 Å². The summed E-state index contributed by atoms with van der Waals surface area (Å²) in [6, 6.07) is 20.4. The van der Waals surface area contributed by atoms with Crippen LogP contribution in [0.25, 0.3) is 0 Å². The second-order valence-corrected chi connectivity index (χ2v) is 10.0. The number of hydrogen-bond acceptors (Lipinski definition) is 4. The Bertz CT molecular complexity index is 1280. The van der Waals surface area contributed by atoms with E-state index in [2.05, 4.69) is 10.6 Å². The number of carbonyl (C=O) groups excluding carboxylic acids is 2. The predicted molar refractivity (Wildman–Crippen MR) is 134 cm³/mol. The third-order valence-corrected chi connectivity index (χ3v) is 7.05. The molecule has 0 saturated carbocycles. The molecular weight excluding hydrogens is 471 g/mol. The maximum absolute atomic E-state index is 13.4. The molecule has 0 saturated heterocycles. The number of nitrogens with one attached hydrogen (secondary N) is 2. The fourth-order valence-electron chi connectivity index (χ4n) is 3.32. The van der Waals surface area contributed by atoms with Gasteiger partial charge in [-0.05, 0) is 48.9 Å². The highest BCUT2D eigenvalue weighted by Crippen LogP contribution is 2.22. The summed E-state index contributed by atoms with van der Waals surface area (Å²) in [5, 5.41) is 5.53. The molecule has 0 fully saturated rings. The molecule has 2 amide bonds. The highest BCUT2D eigenvalue weighted by atomic mass is 32.2. The van der Waals surface area contributed by atoms with Gasteiger partial charge in [-0.15, -0.1) is 0 Å². The first-order valence-corrected chi connectivity index (χ1v) is 12.2. The second kappa shape index (κ2) is 11.1. The summed E-state index contributed by atoms with van der Waals surface area (Å²) >= 11 is 0. The van der Waals surface area contributed by atoms with Crippen molar-refractivity contribution in [2.75, 3.05) is 30.3 Å². The van der Waals surface area contributed by atoms with Crippen molar-refractivity contribution in [2.45, 2.75) is 13.0 Å². The standard InChI is InChI=1S/C25H27FN4O4S/c1-18(19-9-5-4-6-10-19)27-25(32)22-11-7-8-12-23(22)28-24(31)17-30(35(33,34)29(2)3)21-15-13-20(26)14-16-21/h4-16,18H,17H2,1-3H3,(H,27,32)(H,28,31). The van der Waals surface area contributed by atoms with Crippen molar-refractivity contribution >= 4 is 33.4 Å². The maximum Gasteiger partial charge on any atom is 0.304 e. The van der Waals surface area contributed by atoms with Crippen LogP contribution in [0.2, 0.25) is 0 Å². The number of carbonyl (C=O) groups is 2. The quantitative estimate of drug-likeness (QED) is 0.471. The number of rotatable bonds is 9. The number of para-hydroxylation sites is 1. The molecule has 35 heavy (non-hydrogen) atoms. The van der Waals surface area contributed by atoms with Crippen LogP contribution in [0.1, 0.15) is 28.9 Å². The summed E-state index contributed by atoms with van der Waals surface area (Å²) < 4.78 is 40.9. The molecule has 1 unspecified atom stereocenters. The zero-order chi connectivity index (χ0) is 25.6. The summed E-state index contributed by atoms with van der Waals surface area (Å²) in [7, 11) is -1.40. The molecule has 1 atom stereocenters. The van der Waals surface area contributed by atoms with Crippen LogP contribution in [0.5, 0.6) is 0 Å². The zero-order valence-electron chi connectivity index (χ0n) is 19.6. The Morgan fingerprint density at radius 2 is 1.51 bits per heavy atom. The minimum atomic E-state index is -4.06. The Kier molecular flexibility index (Phi) is 8.21. The van der Waals surface area contributed by atoms with Gasteiger partial charge in [-0.2, -0.15) is 12.7 Å². The number of nitrogens with zero attached hydrogens (tertiary/aromatic N) is 2. The van der Waals surface area contributed by atoms with Gasteiger partial charge in [0.15, 0.2) is 0 Å². The summed E-state index contributed by atoms with van der Waals surface area (Å²) in [5.74, 6) is -1.60. The Hall–Kier alpha value is -3.76. The van der Waals surface area contributed by atoms with Crippen molar-refractivity contribution in [2.24, 2.45) is 0 Å². The van der Waals surface area contributed by atoms with Crippen LogP contribution in [-0.2, 0) is 15.0 Å². The van der Waals surface area contributed by atoms with Crippen LogP contribution in [0, 0.1) is 5.82 Å². The molecular formula is C25H27FN4O4S. The molecule has 0 aliphatic rings.